The van der Waals surface area contributed by atoms with Crippen LogP contribution in [-0.2, 0) is 19.1 Å². The zero-order valence-electron chi connectivity index (χ0n) is 13.9. The minimum Gasteiger partial charge on any atom is -0.484 e. The first-order chi connectivity index (χ1) is 12.0. The summed E-state index contributed by atoms with van der Waals surface area (Å²) in [7, 11) is 0. The number of ether oxygens (including phenoxy) is 2. The fourth-order valence-corrected chi connectivity index (χ4v) is 1.53. The highest BCUT2D eigenvalue weighted by Crippen LogP contribution is 2.07. The summed E-state index contributed by atoms with van der Waals surface area (Å²) in [5.74, 6) is -1.56. The van der Waals surface area contributed by atoms with Gasteiger partial charge in [-0.2, -0.15) is 0 Å². The molecule has 1 aromatic carbocycles. The molecular weight excluding hydrogens is 330 g/mol. The Morgan fingerprint density at radius 3 is 2.36 bits per heavy atom. The summed E-state index contributed by atoms with van der Waals surface area (Å²) in [5, 5.41) is 6.73. The molecule has 136 valence electrons. The molecule has 25 heavy (non-hydrogen) atoms. The molecule has 3 N–H and O–H groups in total. The van der Waals surface area contributed by atoms with Gasteiger partial charge in [0.15, 0.2) is 13.2 Å². The lowest BCUT2D eigenvalue weighted by Crippen LogP contribution is -2.42. The van der Waals surface area contributed by atoms with Gasteiger partial charge in [0, 0.05) is 6.54 Å². The molecule has 1 rings (SSSR count). The number of rotatable bonds is 9. The van der Waals surface area contributed by atoms with Crippen molar-refractivity contribution in [3.63, 3.8) is 0 Å². The number of benzene rings is 1. The molecule has 1 aromatic rings. The molecule has 0 heterocycles. The average molecular weight is 351 g/mol. The fraction of sp³-hybridized carbons (Fsp3) is 0.375. The number of nitrogens with one attached hydrogen (secondary N) is 3. The number of urea groups is 1. The number of para-hydroxylation sites is 1. The molecule has 0 aliphatic carbocycles. The third-order valence-electron chi connectivity index (χ3n) is 2.70. The van der Waals surface area contributed by atoms with Gasteiger partial charge in [-0.25, -0.2) is 4.79 Å². The second-order valence-corrected chi connectivity index (χ2v) is 4.84. The smallest absolute Gasteiger partial charge is 0.325 e. The Hall–Kier alpha value is -3.10. The number of carbonyl (C=O) groups excluding carboxylic acids is 4. The molecule has 0 atom stereocenters. The lowest BCUT2D eigenvalue weighted by molar-refractivity contribution is -0.148. The number of hydrogen-bond donors (Lipinski definition) is 3. The third-order valence-corrected chi connectivity index (χ3v) is 2.70. The third kappa shape index (κ3) is 9.59. The van der Waals surface area contributed by atoms with Gasteiger partial charge in [-0.1, -0.05) is 25.1 Å². The maximum atomic E-state index is 11.5. The summed E-state index contributed by atoms with van der Waals surface area (Å²) in [6, 6.07) is 8.06. The Morgan fingerprint density at radius 1 is 0.960 bits per heavy atom. The predicted octanol–water partition coefficient (Wildman–Crippen LogP) is -0.0394. The summed E-state index contributed by atoms with van der Waals surface area (Å²) >= 11 is 0. The number of amides is 4. The maximum absolute atomic E-state index is 11.5. The lowest BCUT2D eigenvalue weighted by atomic mass is 10.3. The van der Waals surface area contributed by atoms with E-state index < -0.39 is 37.0 Å². The molecule has 9 heteroatoms. The van der Waals surface area contributed by atoms with Crippen LogP contribution in [0, 0.1) is 0 Å². The molecule has 4 amide bonds. The van der Waals surface area contributed by atoms with Crippen LogP contribution in [0.2, 0.25) is 0 Å². The Bertz CT molecular complexity index is 591. The van der Waals surface area contributed by atoms with E-state index in [2.05, 4.69) is 15.4 Å². The van der Waals surface area contributed by atoms with Crippen LogP contribution in [0.25, 0.3) is 0 Å². The van der Waals surface area contributed by atoms with E-state index in [1.165, 1.54) is 0 Å². The molecule has 0 spiro atoms. The van der Waals surface area contributed by atoms with Crippen molar-refractivity contribution in [3.8, 4) is 5.75 Å². The van der Waals surface area contributed by atoms with E-state index in [9.17, 15) is 19.2 Å². The van der Waals surface area contributed by atoms with Crippen molar-refractivity contribution < 1.29 is 28.7 Å². The predicted molar refractivity (Wildman–Crippen MR) is 87.7 cm³/mol. The first kappa shape index (κ1) is 19.9. The molecular formula is C16H21N3O6. The van der Waals surface area contributed by atoms with Crippen molar-refractivity contribution in [1.82, 2.24) is 16.0 Å². The highest BCUT2D eigenvalue weighted by atomic mass is 16.5. The van der Waals surface area contributed by atoms with Gasteiger partial charge in [-0.3, -0.25) is 19.7 Å². The zero-order valence-corrected chi connectivity index (χ0v) is 13.9. The SMILES string of the molecule is CCCNC(=O)NC(=O)COC(=O)CNC(=O)COc1ccccc1. The maximum Gasteiger partial charge on any atom is 0.325 e. The quantitative estimate of drug-likeness (QED) is 0.537. The summed E-state index contributed by atoms with van der Waals surface area (Å²) in [6.07, 6.45) is 0.726. The van der Waals surface area contributed by atoms with Crippen LogP contribution in [0.15, 0.2) is 30.3 Å². The molecule has 0 aromatic heterocycles. The van der Waals surface area contributed by atoms with Crippen LogP contribution >= 0.6 is 0 Å². The van der Waals surface area contributed by atoms with E-state index in [0.717, 1.165) is 6.42 Å². The van der Waals surface area contributed by atoms with E-state index >= 15 is 0 Å². The van der Waals surface area contributed by atoms with Crippen LogP contribution < -0.4 is 20.7 Å². The van der Waals surface area contributed by atoms with E-state index in [-0.39, 0.29) is 6.61 Å². The second kappa shape index (κ2) is 11.4. The lowest BCUT2D eigenvalue weighted by Gasteiger charge is -2.08. The van der Waals surface area contributed by atoms with Crippen LogP contribution in [0.4, 0.5) is 4.79 Å². The molecule has 0 fully saturated rings. The van der Waals surface area contributed by atoms with Crippen LogP contribution in [-0.4, -0.2) is 50.1 Å². The van der Waals surface area contributed by atoms with Gasteiger partial charge in [-0.15, -0.1) is 0 Å². The highest BCUT2D eigenvalue weighted by Gasteiger charge is 2.11. The molecule has 9 nitrogen and oxygen atoms in total. The normalized spacial score (nSPS) is 9.64. The molecule has 0 radical (unpaired) electrons. The van der Waals surface area contributed by atoms with Gasteiger partial charge in [0.05, 0.1) is 0 Å². The minimum absolute atomic E-state index is 0.255. The Labute approximate surface area is 145 Å². The molecule has 0 aliphatic heterocycles. The molecule has 0 aliphatic rings. The Kier molecular flexibility index (Phi) is 9.13. The molecule has 0 bridgehead atoms. The monoisotopic (exact) mass is 351 g/mol. The summed E-state index contributed by atoms with van der Waals surface area (Å²) in [5.41, 5.74) is 0. The Morgan fingerprint density at radius 2 is 1.68 bits per heavy atom. The van der Waals surface area contributed by atoms with Crippen LogP contribution in [0.5, 0.6) is 5.75 Å². The van der Waals surface area contributed by atoms with Crippen molar-refractivity contribution in [2.24, 2.45) is 0 Å². The minimum atomic E-state index is -0.808. The van der Waals surface area contributed by atoms with Crippen LogP contribution in [0.3, 0.4) is 0 Å². The van der Waals surface area contributed by atoms with Crippen LogP contribution in [0.1, 0.15) is 13.3 Å². The number of esters is 1. The number of hydrogen-bond acceptors (Lipinski definition) is 6. The van der Waals surface area contributed by atoms with E-state index in [0.29, 0.717) is 12.3 Å². The standard InChI is InChI=1S/C16H21N3O6/c1-2-8-17-16(23)19-14(21)11-25-15(22)9-18-13(20)10-24-12-6-4-3-5-7-12/h3-7H,2,8-11H2,1H3,(H,18,20)(H2,17,19,21,23). The highest BCUT2D eigenvalue weighted by molar-refractivity contribution is 5.95. The molecule has 0 saturated carbocycles. The first-order valence-corrected chi connectivity index (χ1v) is 7.69. The Balaban J connectivity index is 2.14. The van der Waals surface area contributed by atoms with Gasteiger partial charge >= 0.3 is 12.0 Å². The van der Waals surface area contributed by atoms with Crippen molar-refractivity contribution >= 4 is 23.8 Å². The average Bonchev–Trinajstić information content (AvgIpc) is 2.62. The first-order valence-electron chi connectivity index (χ1n) is 7.69. The number of imide groups is 1. The molecule has 0 unspecified atom stereocenters. The van der Waals surface area contributed by atoms with Gasteiger partial charge in [0.1, 0.15) is 12.3 Å². The fourth-order valence-electron chi connectivity index (χ4n) is 1.53. The zero-order chi connectivity index (χ0) is 18.5. The molecule has 0 saturated heterocycles. The summed E-state index contributed by atoms with van der Waals surface area (Å²) in [6.45, 7) is 1.01. The van der Waals surface area contributed by atoms with Crippen molar-refractivity contribution in [2.45, 2.75) is 13.3 Å². The van der Waals surface area contributed by atoms with Crippen molar-refractivity contribution in [1.29, 1.82) is 0 Å². The largest absolute Gasteiger partial charge is 0.484 e. The van der Waals surface area contributed by atoms with Crippen molar-refractivity contribution in [3.05, 3.63) is 30.3 Å². The van der Waals surface area contributed by atoms with Gasteiger partial charge in [0.2, 0.25) is 0 Å². The van der Waals surface area contributed by atoms with E-state index in [1.54, 1.807) is 24.3 Å². The topological polar surface area (TPSA) is 123 Å². The van der Waals surface area contributed by atoms with Gasteiger partial charge < -0.3 is 20.1 Å². The summed E-state index contributed by atoms with van der Waals surface area (Å²) in [4.78, 5) is 45.5. The van der Waals surface area contributed by atoms with Gasteiger partial charge in [0.25, 0.3) is 11.8 Å². The second-order valence-electron chi connectivity index (χ2n) is 4.84. The van der Waals surface area contributed by atoms with Gasteiger partial charge in [-0.05, 0) is 18.6 Å². The van der Waals surface area contributed by atoms with E-state index in [1.807, 2.05) is 18.3 Å². The van der Waals surface area contributed by atoms with Crippen molar-refractivity contribution in [2.75, 3.05) is 26.3 Å². The summed E-state index contributed by atoms with van der Waals surface area (Å²) < 4.78 is 9.84. The van der Waals surface area contributed by atoms with E-state index in [4.69, 9.17) is 4.74 Å². The number of carbonyl (C=O) groups is 4.